The van der Waals surface area contributed by atoms with E-state index in [1.165, 1.54) is 6.42 Å². The van der Waals surface area contributed by atoms with E-state index in [1.54, 1.807) is 0 Å². The van der Waals surface area contributed by atoms with Gasteiger partial charge in [-0.2, -0.15) is 0 Å². The Morgan fingerprint density at radius 1 is 1.11 bits per heavy atom. The molecule has 0 aromatic carbocycles. The molecule has 0 spiro atoms. The first-order valence-electron chi connectivity index (χ1n) is 7.65. The fourth-order valence-electron chi connectivity index (χ4n) is 3.56. The molecule has 2 N–H and O–H groups in total. The minimum atomic E-state index is -0.766. The Labute approximate surface area is 115 Å². The molecule has 0 aromatic rings. The Kier molecular flexibility index (Phi) is 4.83. The van der Waals surface area contributed by atoms with E-state index in [2.05, 4.69) is 12.2 Å². The van der Waals surface area contributed by atoms with Gasteiger partial charge in [-0.15, -0.1) is 0 Å². The lowest BCUT2D eigenvalue weighted by Gasteiger charge is -2.28. The molecule has 0 aromatic heterocycles. The van der Waals surface area contributed by atoms with Crippen molar-refractivity contribution in [2.45, 2.75) is 64.3 Å². The monoisotopic (exact) mass is 267 g/mol. The van der Waals surface area contributed by atoms with Crippen LogP contribution in [0.5, 0.6) is 0 Å². The van der Waals surface area contributed by atoms with Gasteiger partial charge >= 0.3 is 5.97 Å². The van der Waals surface area contributed by atoms with E-state index in [-0.39, 0.29) is 23.8 Å². The van der Waals surface area contributed by atoms with Gasteiger partial charge in [0.2, 0.25) is 5.91 Å². The summed E-state index contributed by atoms with van der Waals surface area (Å²) in [5.74, 6) is -0.165. The van der Waals surface area contributed by atoms with Crippen molar-refractivity contribution in [1.82, 2.24) is 5.32 Å². The number of amides is 1. The highest BCUT2D eigenvalue weighted by Crippen LogP contribution is 2.32. The second-order valence-electron chi connectivity index (χ2n) is 6.12. The van der Waals surface area contributed by atoms with Crippen molar-refractivity contribution in [3.63, 3.8) is 0 Å². The molecular weight excluding hydrogens is 242 g/mol. The van der Waals surface area contributed by atoms with E-state index in [1.807, 2.05) is 0 Å². The summed E-state index contributed by atoms with van der Waals surface area (Å²) in [5.41, 5.74) is 0. The summed E-state index contributed by atoms with van der Waals surface area (Å²) in [6.07, 6.45) is 7.84. The molecule has 0 unspecified atom stereocenters. The van der Waals surface area contributed by atoms with Gasteiger partial charge in [0.05, 0.1) is 5.92 Å². The van der Waals surface area contributed by atoms with Crippen molar-refractivity contribution < 1.29 is 14.7 Å². The van der Waals surface area contributed by atoms with Crippen LogP contribution in [0.1, 0.15) is 58.3 Å². The Balaban J connectivity index is 1.82. The van der Waals surface area contributed by atoms with Gasteiger partial charge in [0.25, 0.3) is 0 Å². The molecule has 0 aliphatic heterocycles. The third-order valence-electron chi connectivity index (χ3n) is 4.96. The quantitative estimate of drug-likeness (QED) is 0.822. The minimum absolute atomic E-state index is 0.0905. The lowest BCUT2D eigenvalue weighted by molar-refractivity contribution is -0.142. The number of rotatable bonds is 4. The third-order valence-corrected chi connectivity index (χ3v) is 4.96. The van der Waals surface area contributed by atoms with Gasteiger partial charge in [-0.1, -0.05) is 19.8 Å². The zero-order valence-corrected chi connectivity index (χ0v) is 11.7. The van der Waals surface area contributed by atoms with E-state index >= 15 is 0 Å². The number of carboxylic acids is 1. The maximum absolute atomic E-state index is 12.2. The van der Waals surface area contributed by atoms with Crippen LogP contribution in [0.2, 0.25) is 0 Å². The Hall–Kier alpha value is -1.06. The average molecular weight is 267 g/mol. The SMILES string of the molecule is CCC1CCC(C(=O)N[C@@H]2CCC[C@@H]2C(=O)O)CC1. The highest BCUT2D eigenvalue weighted by molar-refractivity contribution is 5.80. The van der Waals surface area contributed by atoms with E-state index in [9.17, 15) is 9.59 Å². The summed E-state index contributed by atoms with van der Waals surface area (Å²) in [4.78, 5) is 23.3. The predicted octanol–water partition coefficient (Wildman–Crippen LogP) is 2.57. The first kappa shape index (κ1) is 14.4. The molecule has 2 aliphatic carbocycles. The molecule has 2 rings (SSSR count). The Morgan fingerprint density at radius 2 is 1.79 bits per heavy atom. The van der Waals surface area contributed by atoms with E-state index in [0.29, 0.717) is 6.42 Å². The molecule has 2 saturated carbocycles. The van der Waals surface area contributed by atoms with Crippen molar-refractivity contribution in [3.05, 3.63) is 0 Å². The number of hydrogen-bond acceptors (Lipinski definition) is 2. The largest absolute Gasteiger partial charge is 0.481 e. The molecular formula is C15H25NO3. The average Bonchev–Trinajstić information content (AvgIpc) is 2.87. The summed E-state index contributed by atoms with van der Waals surface area (Å²) < 4.78 is 0. The highest BCUT2D eigenvalue weighted by atomic mass is 16.4. The Bertz CT molecular complexity index is 334. The number of carbonyl (C=O) groups is 2. The van der Waals surface area contributed by atoms with Gasteiger partial charge < -0.3 is 10.4 Å². The normalized spacial score (nSPS) is 35.0. The first-order valence-corrected chi connectivity index (χ1v) is 7.65. The van der Waals surface area contributed by atoms with Gasteiger partial charge in [0.1, 0.15) is 0 Å². The van der Waals surface area contributed by atoms with Crippen molar-refractivity contribution in [2.75, 3.05) is 0 Å². The smallest absolute Gasteiger partial charge is 0.308 e. The summed E-state index contributed by atoms with van der Waals surface area (Å²) in [7, 11) is 0. The van der Waals surface area contributed by atoms with Crippen LogP contribution in [0.3, 0.4) is 0 Å². The number of nitrogens with one attached hydrogen (secondary N) is 1. The number of carboxylic acid groups (broad SMARTS) is 1. The molecule has 0 radical (unpaired) electrons. The molecule has 2 atom stereocenters. The first-order chi connectivity index (χ1) is 9.11. The van der Waals surface area contributed by atoms with Crippen LogP contribution in [0.4, 0.5) is 0 Å². The van der Waals surface area contributed by atoms with Crippen LogP contribution in [0.15, 0.2) is 0 Å². The zero-order valence-electron chi connectivity index (χ0n) is 11.7. The predicted molar refractivity (Wildman–Crippen MR) is 72.6 cm³/mol. The topological polar surface area (TPSA) is 66.4 Å². The fraction of sp³-hybridized carbons (Fsp3) is 0.867. The van der Waals surface area contributed by atoms with Crippen molar-refractivity contribution in [2.24, 2.45) is 17.8 Å². The molecule has 0 heterocycles. The van der Waals surface area contributed by atoms with Gasteiger partial charge in [-0.25, -0.2) is 0 Å². The van der Waals surface area contributed by atoms with E-state index in [0.717, 1.165) is 44.4 Å². The second-order valence-corrected chi connectivity index (χ2v) is 6.12. The zero-order chi connectivity index (χ0) is 13.8. The summed E-state index contributed by atoms with van der Waals surface area (Å²) in [6, 6.07) is -0.145. The Morgan fingerprint density at radius 3 is 2.37 bits per heavy atom. The van der Waals surface area contributed by atoms with Crippen LogP contribution in [0, 0.1) is 17.8 Å². The molecule has 4 nitrogen and oxygen atoms in total. The van der Waals surface area contributed by atoms with Crippen LogP contribution in [-0.4, -0.2) is 23.0 Å². The standard InChI is InChI=1S/C15H25NO3/c1-2-10-6-8-11(9-7-10)14(17)16-13-5-3-4-12(13)15(18)19/h10-13H,2-9H2,1H3,(H,16,17)(H,18,19)/t10?,11?,12-,13+/m0/s1. The summed E-state index contributed by atoms with van der Waals surface area (Å²) in [5, 5.41) is 12.1. The van der Waals surface area contributed by atoms with Crippen LogP contribution in [-0.2, 0) is 9.59 Å². The maximum Gasteiger partial charge on any atom is 0.308 e. The van der Waals surface area contributed by atoms with Gasteiger partial charge in [-0.05, 0) is 44.4 Å². The van der Waals surface area contributed by atoms with Crippen molar-refractivity contribution >= 4 is 11.9 Å². The summed E-state index contributed by atoms with van der Waals surface area (Å²) in [6.45, 7) is 2.21. The molecule has 108 valence electrons. The van der Waals surface area contributed by atoms with Crippen LogP contribution < -0.4 is 5.32 Å². The van der Waals surface area contributed by atoms with Crippen molar-refractivity contribution in [3.8, 4) is 0 Å². The highest BCUT2D eigenvalue weighted by Gasteiger charge is 2.35. The maximum atomic E-state index is 12.2. The molecule has 0 saturated heterocycles. The van der Waals surface area contributed by atoms with Gasteiger partial charge in [-0.3, -0.25) is 9.59 Å². The number of aliphatic carboxylic acids is 1. The number of hydrogen-bond donors (Lipinski definition) is 2. The van der Waals surface area contributed by atoms with Crippen LogP contribution >= 0.6 is 0 Å². The summed E-state index contributed by atoms with van der Waals surface area (Å²) >= 11 is 0. The minimum Gasteiger partial charge on any atom is -0.481 e. The van der Waals surface area contributed by atoms with Crippen molar-refractivity contribution in [1.29, 1.82) is 0 Å². The van der Waals surface area contributed by atoms with E-state index in [4.69, 9.17) is 5.11 Å². The third kappa shape index (κ3) is 3.48. The molecule has 19 heavy (non-hydrogen) atoms. The molecule has 1 amide bonds. The van der Waals surface area contributed by atoms with Gasteiger partial charge in [0, 0.05) is 12.0 Å². The number of carbonyl (C=O) groups excluding carboxylic acids is 1. The lowest BCUT2D eigenvalue weighted by atomic mass is 9.80. The fourth-order valence-corrected chi connectivity index (χ4v) is 3.56. The van der Waals surface area contributed by atoms with E-state index < -0.39 is 5.97 Å². The molecule has 0 bridgehead atoms. The molecule has 2 aliphatic rings. The van der Waals surface area contributed by atoms with Crippen LogP contribution in [0.25, 0.3) is 0 Å². The molecule has 2 fully saturated rings. The second kappa shape index (κ2) is 6.40. The molecule has 4 heteroatoms. The van der Waals surface area contributed by atoms with Gasteiger partial charge in [0.15, 0.2) is 0 Å². The lowest BCUT2D eigenvalue weighted by Crippen LogP contribution is -2.43.